The Morgan fingerprint density at radius 2 is 1.90 bits per heavy atom. The fourth-order valence-corrected chi connectivity index (χ4v) is 5.07. The SMILES string of the molecule is O=S(=O)(CCN1CC2CCC(O)C2C1)c1ccc(Br)cc1. The van der Waals surface area contributed by atoms with Crippen molar-refractivity contribution in [3.05, 3.63) is 28.7 Å². The van der Waals surface area contributed by atoms with Crippen molar-refractivity contribution >= 4 is 25.8 Å². The van der Waals surface area contributed by atoms with Crippen LogP contribution < -0.4 is 0 Å². The number of rotatable bonds is 4. The molecular formula is C15H20BrNO3S. The van der Waals surface area contributed by atoms with Crippen molar-refractivity contribution in [1.29, 1.82) is 0 Å². The number of sulfone groups is 1. The van der Waals surface area contributed by atoms with Crippen molar-refractivity contribution < 1.29 is 13.5 Å². The second kappa shape index (κ2) is 5.99. The Kier molecular flexibility index (Phi) is 4.41. The summed E-state index contributed by atoms with van der Waals surface area (Å²) in [7, 11) is -3.23. The molecule has 3 unspecified atom stereocenters. The topological polar surface area (TPSA) is 57.6 Å². The van der Waals surface area contributed by atoms with Crippen LogP contribution in [0.3, 0.4) is 0 Å². The Bertz CT molecular complexity index is 602. The summed E-state index contributed by atoms with van der Waals surface area (Å²) in [4.78, 5) is 2.57. The number of aliphatic hydroxyl groups is 1. The van der Waals surface area contributed by atoms with Crippen molar-refractivity contribution in [2.45, 2.75) is 23.8 Å². The van der Waals surface area contributed by atoms with Crippen LogP contribution in [0.15, 0.2) is 33.6 Å². The Hall–Kier alpha value is -0.430. The highest BCUT2D eigenvalue weighted by atomic mass is 79.9. The predicted octanol–water partition coefficient (Wildman–Crippen LogP) is 1.93. The van der Waals surface area contributed by atoms with Crippen molar-refractivity contribution in [2.75, 3.05) is 25.4 Å². The zero-order valence-electron chi connectivity index (χ0n) is 11.8. The molecule has 1 aliphatic heterocycles. The summed E-state index contributed by atoms with van der Waals surface area (Å²) < 4.78 is 25.5. The molecule has 0 aromatic heterocycles. The molecular weight excluding hydrogens is 354 g/mol. The molecule has 3 atom stereocenters. The Morgan fingerprint density at radius 3 is 2.57 bits per heavy atom. The molecule has 0 bridgehead atoms. The van der Waals surface area contributed by atoms with E-state index in [1.807, 2.05) is 0 Å². The summed E-state index contributed by atoms with van der Waals surface area (Å²) in [6.07, 6.45) is 1.78. The molecule has 0 radical (unpaired) electrons. The van der Waals surface area contributed by atoms with Crippen LogP contribution >= 0.6 is 15.9 Å². The van der Waals surface area contributed by atoms with E-state index in [4.69, 9.17) is 0 Å². The molecule has 0 amide bonds. The lowest BCUT2D eigenvalue weighted by Gasteiger charge is -2.17. The van der Waals surface area contributed by atoms with Gasteiger partial charge >= 0.3 is 0 Å². The lowest BCUT2D eigenvalue weighted by molar-refractivity contribution is 0.125. The van der Waals surface area contributed by atoms with Crippen molar-refractivity contribution in [2.24, 2.45) is 11.8 Å². The van der Waals surface area contributed by atoms with Gasteiger partial charge in [-0.05, 0) is 43.0 Å². The van der Waals surface area contributed by atoms with Crippen molar-refractivity contribution in [1.82, 2.24) is 4.90 Å². The molecule has 0 spiro atoms. The molecule has 1 aromatic rings. The van der Waals surface area contributed by atoms with Crippen molar-refractivity contribution in [3.8, 4) is 0 Å². The Morgan fingerprint density at radius 1 is 1.19 bits per heavy atom. The molecule has 6 heteroatoms. The first-order valence-electron chi connectivity index (χ1n) is 7.34. The van der Waals surface area contributed by atoms with E-state index in [9.17, 15) is 13.5 Å². The smallest absolute Gasteiger partial charge is 0.179 e. The second-order valence-corrected chi connectivity index (χ2v) is 9.13. The second-order valence-electron chi connectivity index (χ2n) is 6.10. The number of nitrogens with zero attached hydrogens (tertiary/aromatic N) is 1. The minimum atomic E-state index is -3.23. The molecule has 116 valence electrons. The standard InChI is InChI=1S/C15H20BrNO3S/c16-12-2-4-13(5-3-12)21(19,20)8-7-17-9-11-1-6-15(18)14(11)10-17/h2-5,11,14-15,18H,1,6-10H2. The number of hydrogen-bond acceptors (Lipinski definition) is 4. The van der Waals surface area contributed by atoms with Gasteiger partial charge in [0.05, 0.1) is 16.8 Å². The maximum absolute atomic E-state index is 12.3. The largest absolute Gasteiger partial charge is 0.393 e. The molecule has 2 aliphatic rings. The zero-order valence-corrected chi connectivity index (χ0v) is 14.2. The Labute approximate surface area is 134 Å². The van der Waals surface area contributed by atoms with Gasteiger partial charge in [-0.15, -0.1) is 0 Å². The molecule has 1 aromatic carbocycles. The minimum absolute atomic E-state index is 0.143. The number of benzene rings is 1. The fourth-order valence-electron chi connectivity index (χ4n) is 3.52. The number of fused-ring (bicyclic) bond motifs is 1. The maximum Gasteiger partial charge on any atom is 0.179 e. The minimum Gasteiger partial charge on any atom is -0.393 e. The van der Waals surface area contributed by atoms with Crippen LogP contribution in [0, 0.1) is 11.8 Å². The fraction of sp³-hybridized carbons (Fsp3) is 0.600. The number of hydrogen-bond donors (Lipinski definition) is 1. The molecule has 1 heterocycles. The molecule has 1 saturated heterocycles. The van der Waals surface area contributed by atoms with E-state index in [1.165, 1.54) is 0 Å². The molecule has 2 fully saturated rings. The van der Waals surface area contributed by atoms with E-state index in [-0.39, 0.29) is 11.9 Å². The normalized spacial score (nSPS) is 29.7. The predicted molar refractivity (Wildman–Crippen MR) is 84.9 cm³/mol. The van der Waals surface area contributed by atoms with Crippen LogP contribution in [0.4, 0.5) is 0 Å². The van der Waals surface area contributed by atoms with Crippen LogP contribution in [-0.4, -0.2) is 49.9 Å². The average Bonchev–Trinajstić information content (AvgIpc) is 3.00. The van der Waals surface area contributed by atoms with E-state index >= 15 is 0 Å². The summed E-state index contributed by atoms with van der Waals surface area (Å²) in [5, 5.41) is 9.90. The summed E-state index contributed by atoms with van der Waals surface area (Å²) in [6, 6.07) is 6.79. The van der Waals surface area contributed by atoms with Crippen LogP contribution in [0.1, 0.15) is 12.8 Å². The monoisotopic (exact) mass is 373 g/mol. The van der Waals surface area contributed by atoms with Gasteiger partial charge in [-0.1, -0.05) is 15.9 Å². The third-order valence-electron chi connectivity index (χ3n) is 4.74. The first-order chi connectivity index (χ1) is 9.95. The van der Waals surface area contributed by atoms with Gasteiger partial charge in [0.15, 0.2) is 9.84 Å². The van der Waals surface area contributed by atoms with Crippen LogP contribution in [0.2, 0.25) is 0 Å². The lowest BCUT2D eigenvalue weighted by atomic mass is 10.00. The zero-order chi connectivity index (χ0) is 15.0. The average molecular weight is 374 g/mol. The molecule has 4 nitrogen and oxygen atoms in total. The van der Waals surface area contributed by atoms with Crippen LogP contribution in [-0.2, 0) is 9.84 Å². The highest BCUT2D eigenvalue weighted by Crippen LogP contribution is 2.37. The van der Waals surface area contributed by atoms with Crippen LogP contribution in [0.25, 0.3) is 0 Å². The first-order valence-corrected chi connectivity index (χ1v) is 9.79. The number of likely N-dealkylation sites (tertiary alicyclic amines) is 1. The van der Waals surface area contributed by atoms with E-state index in [1.54, 1.807) is 24.3 Å². The third-order valence-corrected chi connectivity index (χ3v) is 6.98. The highest BCUT2D eigenvalue weighted by Gasteiger charge is 2.41. The molecule has 1 N–H and O–H groups in total. The maximum atomic E-state index is 12.3. The van der Waals surface area contributed by atoms with Crippen LogP contribution in [0.5, 0.6) is 0 Å². The summed E-state index contributed by atoms with van der Waals surface area (Å²) in [6.45, 7) is 2.32. The van der Waals surface area contributed by atoms with Gasteiger partial charge in [0.2, 0.25) is 0 Å². The van der Waals surface area contributed by atoms with Gasteiger partial charge in [-0.2, -0.15) is 0 Å². The van der Waals surface area contributed by atoms with Gasteiger partial charge < -0.3 is 10.0 Å². The van der Waals surface area contributed by atoms with Gasteiger partial charge in [-0.25, -0.2) is 8.42 Å². The van der Waals surface area contributed by atoms with E-state index < -0.39 is 9.84 Å². The van der Waals surface area contributed by atoms with E-state index in [0.717, 1.165) is 30.4 Å². The van der Waals surface area contributed by atoms with Gasteiger partial charge in [0.25, 0.3) is 0 Å². The van der Waals surface area contributed by atoms with Gasteiger partial charge in [-0.3, -0.25) is 0 Å². The van der Waals surface area contributed by atoms with Gasteiger partial charge in [0, 0.05) is 30.0 Å². The van der Waals surface area contributed by atoms with E-state index in [0.29, 0.717) is 23.3 Å². The lowest BCUT2D eigenvalue weighted by Crippen LogP contribution is -2.29. The summed E-state index contributed by atoms with van der Waals surface area (Å²) >= 11 is 3.31. The first kappa shape index (κ1) is 15.5. The third kappa shape index (κ3) is 3.33. The molecule has 21 heavy (non-hydrogen) atoms. The molecule has 1 saturated carbocycles. The van der Waals surface area contributed by atoms with Gasteiger partial charge in [0.1, 0.15) is 0 Å². The summed E-state index contributed by atoms with van der Waals surface area (Å²) in [5.41, 5.74) is 0. The number of aliphatic hydroxyl groups excluding tert-OH is 1. The quantitative estimate of drug-likeness (QED) is 0.875. The molecule has 1 aliphatic carbocycles. The molecule has 3 rings (SSSR count). The van der Waals surface area contributed by atoms with Crippen molar-refractivity contribution in [3.63, 3.8) is 0 Å². The van der Waals surface area contributed by atoms with E-state index in [2.05, 4.69) is 20.8 Å². The Balaban J connectivity index is 1.59. The summed E-state index contributed by atoms with van der Waals surface area (Å²) in [5.74, 6) is 1.04. The number of halogens is 1. The highest BCUT2D eigenvalue weighted by molar-refractivity contribution is 9.10.